The van der Waals surface area contributed by atoms with Gasteiger partial charge in [-0.25, -0.2) is 0 Å². The zero-order valence-corrected chi connectivity index (χ0v) is 11.6. The maximum absolute atomic E-state index is 12.4. The van der Waals surface area contributed by atoms with Crippen molar-refractivity contribution in [1.29, 1.82) is 0 Å². The zero-order chi connectivity index (χ0) is 13.0. The van der Waals surface area contributed by atoms with Gasteiger partial charge in [-0.15, -0.1) is 0 Å². The maximum atomic E-state index is 12.4. The molecule has 106 valence electrons. The number of piperidine rings is 1. The molecule has 2 fully saturated rings. The van der Waals surface area contributed by atoms with E-state index in [1.807, 2.05) is 0 Å². The van der Waals surface area contributed by atoms with Gasteiger partial charge in [0.25, 0.3) is 10.2 Å². The minimum Gasteiger partial charge on any atom is -0.379 e. The number of ether oxygens (including phenoxy) is 1. The number of rotatable bonds is 4. The number of morpholine rings is 1. The first-order valence-corrected chi connectivity index (χ1v) is 8.07. The highest BCUT2D eigenvalue weighted by Gasteiger charge is 2.33. The van der Waals surface area contributed by atoms with Crippen molar-refractivity contribution in [1.82, 2.24) is 8.61 Å². The summed E-state index contributed by atoms with van der Waals surface area (Å²) in [6, 6.07) is 0. The first kappa shape index (κ1) is 14.2. The van der Waals surface area contributed by atoms with E-state index in [0.717, 1.165) is 19.3 Å². The third-order valence-corrected chi connectivity index (χ3v) is 5.81. The van der Waals surface area contributed by atoms with Gasteiger partial charge >= 0.3 is 0 Å². The molecule has 0 spiro atoms. The molecule has 0 saturated carbocycles. The van der Waals surface area contributed by atoms with Crippen molar-refractivity contribution in [2.24, 2.45) is 11.7 Å². The van der Waals surface area contributed by atoms with Crippen LogP contribution in [-0.2, 0) is 14.9 Å². The molecule has 6 nitrogen and oxygen atoms in total. The lowest BCUT2D eigenvalue weighted by Gasteiger charge is -2.36. The van der Waals surface area contributed by atoms with E-state index in [9.17, 15) is 8.42 Å². The molecular weight excluding hydrogens is 254 g/mol. The SMILES string of the molecule is NCCC1CCN(S(=O)(=O)N2CCOCC2)CC1. The highest BCUT2D eigenvalue weighted by atomic mass is 32.2. The first-order valence-electron chi connectivity index (χ1n) is 6.67. The molecule has 0 aromatic carbocycles. The van der Waals surface area contributed by atoms with Gasteiger partial charge in [-0.2, -0.15) is 17.0 Å². The average Bonchev–Trinajstić information content (AvgIpc) is 2.41. The van der Waals surface area contributed by atoms with E-state index in [2.05, 4.69) is 0 Å². The van der Waals surface area contributed by atoms with Gasteiger partial charge in [0.1, 0.15) is 0 Å². The van der Waals surface area contributed by atoms with Crippen LogP contribution in [0.1, 0.15) is 19.3 Å². The lowest BCUT2D eigenvalue weighted by molar-refractivity contribution is 0.0692. The molecule has 2 aliphatic rings. The minimum atomic E-state index is -3.27. The maximum Gasteiger partial charge on any atom is 0.282 e. The molecule has 2 rings (SSSR count). The van der Waals surface area contributed by atoms with Crippen LogP contribution in [0.5, 0.6) is 0 Å². The summed E-state index contributed by atoms with van der Waals surface area (Å²) in [7, 11) is -3.27. The molecule has 2 saturated heterocycles. The van der Waals surface area contributed by atoms with Gasteiger partial charge in [-0.3, -0.25) is 0 Å². The number of nitrogens with zero attached hydrogens (tertiary/aromatic N) is 2. The van der Waals surface area contributed by atoms with E-state index >= 15 is 0 Å². The lowest BCUT2D eigenvalue weighted by atomic mass is 9.95. The van der Waals surface area contributed by atoms with Crippen molar-refractivity contribution in [2.45, 2.75) is 19.3 Å². The van der Waals surface area contributed by atoms with Crippen molar-refractivity contribution in [3.05, 3.63) is 0 Å². The standard InChI is InChI=1S/C11H23N3O3S/c12-4-1-11-2-5-13(6-3-11)18(15,16)14-7-9-17-10-8-14/h11H,1-10,12H2. The van der Waals surface area contributed by atoms with E-state index in [-0.39, 0.29) is 0 Å². The highest BCUT2D eigenvalue weighted by molar-refractivity contribution is 7.86. The van der Waals surface area contributed by atoms with Gasteiger partial charge in [-0.05, 0) is 31.7 Å². The molecular formula is C11H23N3O3S. The first-order chi connectivity index (χ1) is 8.64. The van der Waals surface area contributed by atoms with Gasteiger partial charge in [0, 0.05) is 26.2 Å². The van der Waals surface area contributed by atoms with Crippen molar-refractivity contribution in [3.63, 3.8) is 0 Å². The van der Waals surface area contributed by atoms with E-state index in [0.29, 0.717) is 51.9 Å². The topological polar surface area (TPSA) is 75.9 Å². The second-order valence-electron chi connectivity index (χ2n) is 4.94. The monoisotopic (exact) mass is 277 g/mol. The van der Waals surface area contributed by atoms with Gasteiger partial charge in [0.2, 0.25) is 0 Å². The Hall–Kier alpha value is -0.210. The van der Waals surface area contributed by atoms with Crippen LogP contribution in [0.4, 0.5) is 0 Å². The molecule has 2 N–H and O–H groups in total. The van der Waals surface area contributed by atoms with Crippen LogP contribution in [0.2, 0.25) is 0 Å². The van der Waals surface area contributed by atoms with E-state index in [1.165, 1.54) is 0 Å². The summed E-state index contributed by atoms with van der Waals surface area (Å²) in [6.45, 7) is 3.91. The molecule has 0 aliphatic carbocycles. The van der Waals surface area contributed by atoms with Crippen LogP contribution in [0.3, 0.4) is 0 Å². The molecule has 18 heavy (non-hydrogen) atoms. The quantitative estimate of drug-likeness (QED) is 0.760. The van der Waals surface area contributed by atoms with Crippen LogP contribution in [0.15, 0.2) is 0 Å². The summed E-state index contributed by atoms with van der Waals surface area (Å²) >= 11 is 0. The summed E-state index contributed by atoms with van der Waals surface area (Å²) in [5.74, 6) is 0.589. The molecule has 0 amide bonds. The molecule has 2 aliphatic heterocycles. The van der Waals surface area contributed by atoms with Crippen molar-refractivity contribution < 1.29 is 13.2 Å². The Labute approximate surface area is 109 Å². The van der Waals surface area contributed by atoms with Crippen LogP contribution >= 0.6 is 0 Å². The fraction of sp³-hybridized carbons (Fsp3) is 1.00. The van der Waals surface area contributed by atoms with E-state index in [4.69, 9.17) is 10.5 Å². The Morgan fingerprint density at radius 1 is 1.06 bits per heavy atom. The Kier molecular flexibility index (Phi) is 4.97. The van der Waals surface area contributed by atoms with E-state index in [1.54, 1.807) is 8.61 Å². The number of nitrogens with two attached hydrogens (primary N) is 1. The summed E-state index contributed by atoms with van der Waals surface area (Å²) < 4.78 is 33.1. The Balaban J connectivity index is 1.91. The van der Waals surface area contributed by atoms with Gasteiger partial charge in [-0.1, -0.05) is 0 Å². The lowest BCUT2D eigenvalue weighted by Crippen LogP contribution is -2.50. The molecule has 2 heterocycles. The molecule has 0 unspecified atom stereocenters. The molecule has 0 radical (unpaired) electrons. The second kappa shape index (κ2) is 6.29. The summed E-state index contributed by atoms with van der Waals surface area (Å²) in [6.07, 6.45) is 2.87. The Morgan fingerprint density at radius 2 is 1.61 bits per heavy atom. The smallest absolute Gasteiger partial charge is 0.282 e. The predicted octanol–water partition coefficient (Wildman–Crippen LogP) is -0.376. The fourth-order valence-corrected chi connectivity index (χ4v) is 4.21. The van der Waals surface area contributed by atoms with Crippen LogP contribution < -0.4 is 5.73 Å². The largest absolute Gasteiger partial charge is 0.379 e. The zero-order valence-electron chi connectivity index (χ0n) is 10.8. The number of hydrogen-bond donors (Lipinski definition) is 1. The van der Waals surface area contributed by atoms with Gasteiger partial charge < -0.3 is 10.5 Å². The van der Waals surface area contributed by atoms with Crippen molar-refractivity contribution >= 4 is 10.2 Å². The van der Waals surface area contributed by atoms with Gasteiger partial charge in [0.05, 0.1) is 13.2 Å². The average molecular weight is 277 g/mol. The molecule has 7 heteroatoms. The van der Waals surface area contributed by atoms with Crippen LogP contribution in [0.25, 0.3) is 0 Å². The Morgan fingerprint density at radius 3 is 2.17 bits per heavy atom. The summed E-state index contributed by atoms with van der Waals surface area (Å²) in [5.41, 5.74) is 5.54. The number of hydrogen-bond acceptors (Lipinski definition) is 4. The van der Waals surface area contributed by atoms with Crippen molar-refractivity contribution in [3.8, 4) is 0 Å². The van der Waals surface area contributed by atoms with E-state index < -0.39 is 10.2 Å². The summed E-state index contributed by atoms with van der Waals surface area (Å²) in [4.78, 5) is 0. The van der Waals surface area contributed by atoms with Crippen LogP contribution in [-0.4, -0.2) is 63.0 Å². The molecule has 0 aromatic heterocycles. The Bertz CT molecular complexity index is 347. The van der Waals surface area contributed by atoms with Crippen molar-refractivity contribution in [2.75, 3.05) is 45.9 Å². The minimum absolute atomic E-state index is 0.477. The third-order valence-electron chi connectivity index (χ3n) is 3.77. The van der Waals surface area contributed by atoms with Crippen LogP contribution in [0, 0.1) is 5.92 Å². The fourth-order valence-electron chi connectivity index (χ4n) is 2.60. The normalized spacial score (nSPS) is 25.4. The third kappa shape index (κ3) is 3.21. The summed E-state index contributed by atoms with van der Waals surface area (Å²) in [5, 5.41) is 0. The van der Waals surface area contributed by atoms with Gasteiger partial charge in [0.15, 0.2) is 0 Å². The molecule has 0 atom stereocenters. The highest BCUT2D eigenvalue weighted by Crippen LogP contribution is 2.23. The molecule has 0 aromatic rings. The molecule has 0 bridgehead atoms. The second-order valence-corrected chi connectivity index (χ2v) is 6.87. The predicted molar refractivity (Wildman–Crippen MR) is 69.3 cm³/mol.